The standard InChI is InChI=1S/C20H22N2O2/c1-13-8-14(2)10-15(9-13)11-19(23)21-17-5-4-16-6-7-22(3)20(24)18(16)12-17/h4-5,8-10,12H,6-7,11H2,1-3H3,(H,21,23). The van der Waals surface area contributed by atoms with E-state index in [1.807, 2.05) is 38.1 Å². The molecule has 0 saturated carbocycles. The molecule has 3 rings (SSSR count). The van der Waals surface area contributed by atoms with Crippen molar-refractivity contribution in [3.05, 3.63) is 64.2 Å². The zero-order valence-corrected chi connectivity index (χ0v) is 14.3. The van der Waals surface area contributed by atoms with Crippen LogP contribution in [0, 0.1) is 13.8 Å². The number of nitrogens with zero attached hydrogens (tertiary/aromatic N) is 1. The van der Waals surface area contributed by atoms with E-state index in [0.717, 1.165) is 35.2 Å². The van der Waals surface area contributed by atoms with Crippen molar-refractivity contribution in [1.29, 1.82) is 0 Å². The van der Waals surface area contributed by atoms with E-state index in [1.54, 1.807) is 18.0 Å². The van der Waals surface area contributed by atoms with Crippen LogP contribution in [0.2, 0.25) is 0 Å². The normalized spacial score (nSPS) is 13.6. The number of hydrogen-bond donors (Lipinski definition) is 1. The van der Waals surface area contributed by atoms with Gasteiger partial charge in [-0.15, -0.1) is 0 Å². The van der Waals surface area contributed by atoms with Gasteiger partial charge in [-0.3, -0.25) is 9.59 Å². The average Bonchev–Trinajstić information content (AvgIpc) is 2.50. The Morgan fingerprint density at radius 3 is 2.54 bits per heavy atom. The predicted molar refractivity (Wildman–Crippen MR) is 95.4 cm³/mol. The minimum Gasteiger partial charge on any atom is -0.341 e. The summed E-state index contributed by atoms with van der Waals surface area (Å²) in [6.07, 6.45) is 1.18. The van der Waals surface area contributed by atoms with Gasteiger partial charge in [0, 0.05) is 24.8 Å². The number of fused-ring (bicyclic) bond motifs is 1. The highest BCUT2D eigenvalue weighted by Gasteiger charge is 2.21. The van der Waals surface area contributed by atoms with Gasteiger partial charge in [0.15, 0.2) is 0 Å². The van der Waals surface area contributed by atoms with Gasteiger partial charge in [-0.05, 0) is 43.5 Å². The second kappa shape index (κ2) is 6.48. The Labute approximate surface area is 142 Å². The number of benzene rings is 2. The highest BCUT2D eigenvalue weighted by atomic mass is 16.2. The van der Waals surface area contributed by atoms with Crippen molar-refractivity contribution in [2.45, 2.75) is 26.7 Å². The van der Waals surface area contributed by atoms with E-state index in [1.165, 1.54) is 0 Å². The fraction of sp³-hybridized carbons (Fsp3) is 0.300. The van der Waals surface area contributed by atoms with Crippen LogP contribution < -0.4 is 5.32 Å². The summed E-state index contributed by atoms with van der Waals surface area (Å²) in [5, 5.41) is 2.91. The molecular formula is C20H22N2O2. The van der Waals surface area contributed by atoms with Crippen LogP contribution >= 0.6 is 0 Å². The molecule has 2 aromatic rings. The highest BCUT2D eigenvalue weighted by Crippen LogP contribution is 2.22. The second-order valence-corrected chi connectivity index (χ2v) is 6.57. The summed E-state index contributed by atoms with van der Waals surface area (Å²) in [6.45, 7) is 4.80. The van der Waals surface area contributed by atoms with Crippen molar-refractivity contribution < 1.29 is 9.59 Å². The smallest absolute Gasteiger partial charge is 0.253 e. The van der Waals surface area contributed by atoms with Crippen LogP contribution in [0.4, 0.5) is 5.69 Å². The lowest BCUT2D eigenvalue weighted by atomic mass is 9.98. The average molecular weight is 322 g/mol. The Balaban J connectivity index is 1.74. The summed E-state index contributed by atoms with van der Waals surface area (Å²) in [4.78, 5) is 26.3. The summed E-state index contributed by atoms with van der Waals surface area (Å²) < 4.78 is 0. The molecule has 0 saturated heterocycles. The lowest BCUT2D eigenvalue weighted by Crippen LogP contribution is -2.34. The molecular weight excluding hydrogens is 300 g/mol. The zero-order valence-electron chi connectivity index (χ0n) is 14.3. The van der Waals surface area contributed by atoms with Crippen molar-refractivity contribution >= 4 is 17.5 Å². The lowest BCUT2D eigenvalue weighted by molar-refractivity contribution is -0.115. The van der Waals surface area contributed by atoms with Crippen LogP contribution in [0.1, 0.15) is 32.6 Å². The van der Waals surface area contributed by atoms with Gasteiger partial charge >= 0.3 is 0 Å². The van der Waals surface area contributed by atoms with Gasteiger partial charge in [0.1, 0.15) is 0 Å². The molecule has 0 bridgehead atoms. The third-order valence-corrected chi connectivity index (χ3v) is 4.33. The van der Waals surface area contributed by atoms with E-state index in [0.29, 0.717) is 17.7 Å². The number of likely N-dealkylation sites (N-methyl/N-ethyl adjacent to an activating group) is 1. The largest absolute Gasteiger partial charge is 0.341 e. The van der Waals surface area contributed by atoms with E-state index in [9.17, 15) is 9.59 Å². The second-order valence-electron chi connectivity index (χ2n) is 6.57. The van der Waals surface area contributed by atoms with Gasteiger partial charge in [0.25, 0.3) is 5.91 Å². The van der Waals surface area contributed by atoms with Gasteiger partial charge in [-0.1, -0.05) is 35.4 Å². The monoisotopic (exact) mass is 322 g/mol. The van der Waals surface area contributed by atoms with Crippen molar-refractivity contribution in [1.82, 2.24) is 4.90 Å². The van der Waals surface area contributed by atoms with Crippen LogP contribution in [0.25, 0.3) is 0 Å². The molecule has 1 aliphatic rings. The Hall–Kier alpha value is -2.62. The quantitative estimate of drug-likeness (QED) is 0.944. The Kier molecular flexibility index (Phi) is 4.38. The van der Waals surface area contributed by atoms with Crippen molar-refractivity contribution in [3.63, 3.8) is 0 Å². The molecule has 2 aromatic carbocycles. The van der Waals surface area contributed by atoms with Crippen LogP contribution in [0.15, 0.2) is 36.4 Å². The number of carbonyl (C=O) groups excluding carboxylic acids is 2. The van der Waals surface area contributed by atoms with Crippen LogP contribution in [-0.2, 0) is 17.6 Å². The first-order valence-electron chi connectivity index (χ1n) is 8.18. The van der Waals surface area contributed by atoms with Crippen molar-refractivity contribution in [2.24, 2.45) is 0 Å². The molecule has 24 heavy (non-hydrogen) atoms. The number of amides is 2. The molecule has 4 nitrogen and oxygen atoms in total. The summed E-state index contributed by atoms with van der Waals surface area (Å²) in [5.74, 6) is -0.0572. The molecule has 0 atom stereocenters. The molecule has 0 aromatic heterocycles. The number of nitrogens with one attached hydrogen (secondary N) is 1. The number of anilines is 1. The summed E-state index contributed by atoms with van der Waals surface area (Å²) in [5.41, 5.74) is 5.71. The van der Waals surface area contributed by atoms with Gasteiger partial charge in [-0.25, -0.2) is 0 Å². The van der Waals surface area contributed by atoms with Crippen molar-refractivity contribution in [3.8, 4) is 0 Å². The van der Waals surface area contributed by atoms with Crippen LogP contribution in [0.5, 0.6) is 0 Å². The van der Waals surface area contributed by atoms with Crippen LogP contribution in [0.3, 0.4) is 0 Å². The summed E-state index contributed by atoms with van der Waals surface area (Å²) >= 11 is 0. The zero-order chi connectivity index (χ0) is 17.3. The molecule has 124 valence electrons. The lowest BCUT2D eigenvalue weighted by Gasteiger charge is -2.25. The summed E-state index contributed by atoms with van der Waals surface area (Å²) in [6, 6.07) is 11.7. The topological polar surface area (TPSA) is 49.4 Å². The number of carbonyl (C=O) groups is 2. The maximum Gasteiger partial charge on any atom is 0.253 e. The molecule has 4 heteroatoms. The molecule has 0 fully saturated rings. The van der Waals surface area contributed by atoms with E-state index < -0.39 is 0 Å². The van der Waals surface area contributed by atoms with E-state index in [-0.39, 0.29) is 11.8 Å². The number of aryl methyl sites for hydroxylation is 2. The maximum absolute atomic E-state index is 12.3. The van der Waals surface area contributed by atoms with E-state index >= 15 is 0 Å². The first-order chi connectivity index (χ1) is 11.4. The number of rotatable bonds is 3. The van der Waals surface area contributed by atoms with Crippen molar-refractivity contribution in [2.75, 3.05) is 18.9 Å². The highest BCUT2D eigenvalue weighted by molar-refractivity contribution is 5.99. The molecule has 1 aliphatic heterocycles. The molecule has 0 aliphatic carbocycles. The molecule has 0 unspecified atom stereocenters. The first kappa shape index (κ1) is 16.2. The molecule has 1 heterocycles. The van der Waals surface area contributed by atoms with E-state index in [4.69, 9.17) is 0 Å². The van der Waals surface area contributed by atoms with Gasteiger partial charge in [-0.2, -0.15) is 0 Å². The third kappa shape index (κ3) is 3.48. The SMILES string of the molecule is Cc1cc(C)cc(CC(=O)Nc2ccc3c(c2)C(=O)N(C)CC3)c1. The fourth-order valence-electron chi connectivity index (χ4n) is 3.23. The Bertz CT molecular complexity index is 791. The Morgan fingerprint density at radius 1 is 1.12 bits per heavy atom. The summed E-state index contributed by atoms with van der Waals surface area (Å²) in [7, 11) is 1.80. The molecule has 1 N–H and O–H groups in total. The predicted octanol–water partition coefficient (Wildman–Crippen LogP) is 3.11. The first-order valence-corrected chi connectivity index (χ1v) is 8.18. The van der Waals surface area contributed by atoms with Crippen LogP contribution in [-0.4, -0.2) is 30.3 Å². The maximum atomic E-state index is 12.3. The fourth-order valence-corrected chi connectivity index (χ4v) is 3.23. The van der Waals surface area contributed by atoms with E-state index in [2.05, 4.69) is 11.4 Å². The minimum atomic E-state index is -0.0726. The van der Waals surface area contributed by atoms with Gasteiger partial charge in [0.05, 0.1) is 6.42 Å². The molecule has 0 spiro atoms. The molecule has 2 amide bonds. The van der Waals surface area contributed by atoms with Gasteiger partial charge in [0.2, 0.25) is 5.91 Å². The minimum absolute atomic E-state index is 0.0154. The number of hydrogen-bond acceptors (Lipinski definition) is 2. The molecule has 0 radical (unpaired) electrons. The Morgan fingerprint density at radius 2 is 1.83 bits per heavy atom. The van der Waals surface area contributed by atoms with Gasteiger partial charge < -0.3 is 10.2 Å². The third-order valence-electron chi connectivity index (χ3n) is 4.33.